The van der Waals surface area contributed by atoms with E-state index in [1.54, 1.807) is 32.7 Å². The summed E-state index contributed by atoms with van der Waals surface area (Å²) in [4.78, 5) is 8.79. The summed E-state index contributed by atoms with van der Waals surface area (Å²) in [5.41, 5.74) is 0.718. The molecule has 1 aromatic rings. The third-order valence-corrected chi connectivity index (χ3v) is 6.38. The molecule has 0 bridgehead atoms. The summed E-state index contributed by atoms with van der Waals surface area (Å²) in [5.74, 6) is 2.32. The molecule has 0 aromatic heterocycles. The third kappa shape index (κ3) is 3.81. The highest BCUT2D eigenvalue weighted by Crippen LogP contribution is 2.29. The van der Waals surface area contributed by atoms with Gasteiger partial charge in [0.05, 0.1) is 39.8 Å². The van der Waals surface area contributed by atoms with Gasteiger partial charge in [0.15, 0.2) is 6.20 Å². The van der Waals surface area contributed by atoms with Crippen molar-refractivity contribution in [3.63, 3.8) is 0 Å². The first-order chi connectivity index (χ1) is 14.3. The molecule has 0 radical (unpaired) electrons. The van der Waals surface area contributed by atoms with Gasteiger partial charge in [0.25, 0.3) is 5.96 Å². The van der Waals surface area contributed by atoms with Gasteiger partial charge in [-0.3, -0.25) is 4.99 Å². The van der Waals surface area contributed by atoms with E-state index in [2.05, 4.69) is 20.3 Å². The quantitative estimate of drug-likeness (QED) is 0.683. The molecular formula is C18H24N7O4S+. The largest absolute Gasteiger partial charge is 0.497 e. The lowest BCUT2D eigenvalue weighted by atomic mass is 10.3. The van der Waals surface area contributed by atoms with E-state index in [4.69, 9.17) is 14.6 Å². The van der Waals surface area contributed by atoms with Crippen molar-refractivity contribution in [2.75, 3.05) is 52.0 Å². The highest BCUT2D eigenvalue weighted by atomic mass is 32.2. The van der Waals surface area contributed by atoms with E-state index in [0.29, 0.717) is 49.5 Å². The minimum absolute atomic E-state index is 0.0184. The fraction of sp³-hybridized carbons (Fsp3) is 0.389. The second-order valence-electron chi connectivity index (χ2n) is 6.96. The normalized spacial score (nSPS) is 24.2. The number of guanidine groups is 1. The number of piperazine rings is 1. The number of fused-ring (bicyclic) bond motifs is 1. The number of benzene rings is 1. The molecule has 3 aliphatic heterocycles. The van der Waals surface area contributed by atoms with Crippen LogP contribution in [0.4, 0.5) is 5.69 Å². The van der Waals surface area contributed by atoms with Gasteiger partial charge in [-0.25, -0.2) is 8.42 Å². The van der Waals surface area contributed by atoms with Crippen molar-refractivity contribution in [3.05, 3.63) is 30.6 Å². The number of hydrogen-bond acceptors (Lipinski definition) is 9. The monoisotopic (exact) mass is 434 g/mol. The van der Waals surface area contributed by atoms with Gasteiger partial charge in [-0.2, -0.15) is 4.31 Å². The number of nitrogens with zero attached hydrogens (tertiary/aromatic N) is 6. The topological polar surface area (TPSA) is 108 Å². The average molecular weight is 435 g/mol. The molecule has 12 heteroatoms. The van der Waals surface area contributed by atoms with Crippen LogP contribution in [0.5, 0.6) is 11.5 Å². The first-order valence-electron chi connectivity index (χ1n) is 9.34. The molecular weight excluding hydrogens is 410 g/mol. The van der Waals surface area contributed by atoms with Gasteiger partial charge in [-0.05, 0) is 9.80 Å². The molecule has 0 aliphatic carbocycles. The van der Waals surface area contributed by atoms with Crippen LogP contribution in [0.2, 0.25) is 0 Å². The van der Waals surface area contributed by atoms with Gasteiger partial charge in [0.1, 0.15) is 17.7 Å². The highest BCUT2D eigenvalue weighted by molar-refractivity contribution is 7.88. The maximum absolute atomic E-state index is 11.8. The highest BCUT2D eigenvalue weighted by Gasteiger charge is 2.48. The number of methoxy groups -OCH3 is 2. The van der Waals surface area contributed by atoms with Crippen LogP contribution in [0.1, 0.15) is 0 Å². The summed E-state index contributed by atoms with van der Waals surface area (Å²) in [6, 6.07) is 5.42. The Labute approximate surface area is 175 Å². The Bertz CT molecular complexity index is 1040. The lowest BCUT2D eigenvalue weighted by Gasteiger charge is -2.39. The fourth-order valence-corrected chi connectivity index (χ4v) is 4.37. The van der Waals surface area contributed by atoms with Gasteiger partial charge in [-0.1, -0.05) is 0 Å². The number of aliphatic imine (C=N–C) groups is 2. The number of ether oxygens (including phenoxy) is 2. The maximum atomic E-state index is 11.8. The van der Waals surface area contributed by atoms with Crippen molar-refractivity contribution in [1.82, 2.24) is 9.31 Å². The minimum Gasteiger partial charge on any atom is -0.497 e. The zero-order valence-electron chi connectivity index (χ0n) is 17.0. The number of hydrogen-bond donors (Lipinski definition) is 1. The SMILES string of the molecule is COc1cc(NC2=N[N+]3(N4CCN(S(C)(=O)=O)CC4)C=CN=CC3=N2)cc(OC)c1. The average Bonchev–Trinajstić information content (AvgIpc) is 3.11. The van der Waals surface area contributed by atoms with Gasteiger partial charge in [-0.15, -0.1) is 10.0 Å². The Morgan fingerprint density at radius 2 is 1.73 bits per heavy atom. The number of nitrogens with one attached hydrogen (secondary N) is 1. The second kappa shape index (κ2) is 7.80. The lowest BCUT2D eigenvalue weighted by molar-refractivity contribution is -0.918. The predicted molar refractivity (Wildman–Crippen MR) is 114 cm³/mol. The molecule has 1 fully saturated rings. The molecule has 11 nitrogen and oxygen atoms in total. The molecule has 3 aliphatic rings. The first kappa shape index (κ1) is 20.5. The van der Waals surface area contributed by atoms with Gasteiger partial charge < -0.3 is 14.8 Å². The van der Waals surface area contributed by atoms with Crippen LogP contribution in [-0.4, -0.2) is 87.1 Å². The predicted octanol–water partition coefficient (Wildman–Crippen LogP) is 0.663. The van der Waals surface area contributed by atoms with Crippen LogP contribution in [0.15, 0.2) is 45.7 Å². The maximum Gasteiger partial charge on any atom is 0.301 e. The Morgan fingerprint density at radius 3 is 2.33 bits per heavy atom. The summed E-state index contributed by atoms with van der Waals surface area (Å²) in [6.45, 7) is 1.80. The van der Waals surface area contributed by atoms with Crippen molar-refractivity contribution >= 4 is 33.7 Å². The number of amidine groups is 1. The molecule has 3 heterocycles. The van der Waals surface area contributed by atoms with E-state index < -0.39 is 10.0 Å². The second-order valence-corrected chi connectivity index (χ2v) is 8.94. The standard InChI is InChI=1S/C18H24N7O4S/c1-28-15-10-14(11-16(12-15)29-2)20-18-21-17-13-19-4-9-25(17,22-18)23-5-7-24(8-6-23)30(3,26)27/h4,9-13H,5-8H2,1-3H3,(H,20,22)/q+1. The minimum atomic E-state index is -3.22. The van der Waals surface area contributed by atoms with Gasteiger partial charge in [0, 0.05) is 37.0 Å². The Kier molecular flexibility index (Phi) is 5.32. The third-order valence-electron chi connectivity index (χ3n) is 5.08. The number of sulfonamides is 1. The molecule has 1 saturated heterocycles. The number of quaternary nitrogens is 1. The van der Waals surface area contributed by atoms with Gasteiger partial charge in [0.2, 0.25) is 10.0 Å². The van der Waals surface area contributed by atoms with E-state index >= 15 is 0 Å². The van der Waals surface area contributed by atoms with E-state index in [1.807, 2.05) is 18.3 Å². The number of anilines is 1. The Hall–Kier alpha value is -2.80. The smallest absolute Gasteiger partial charge is 0.301 e. The Morgan fingerprint density at radius 1 is 1.07 bits per heavy atom. The van der Waals surface area contributed by atoms with Crippen molar-refractivity contribution in [2.24, 2.45) is 15.1 Å². The summed E-state index contributed by atoms with van der Waals surface area (Å²) < 4.78 is 35.8. The van der Waals surface area contributed by atoms with Crippen molar-refractivity contribution in [2.45, 2.75) is 0 Å². The van der Waals surface area contributed by atoms with Crippen LogP contribution >= 0.6 is 0 Å². The van der Waals surface area contributed by atoms with Crippen LogP contribution in [-0.2, 0) is 10.0 Å². The molecule has 4 rings (SSSR count). The summed E-state index contributed by atoms with van der Waals surface area (Å²) in [5, 5.41) is 10.1. The van der Waals surface area contributed by atoms with Crippen LogP contribution in [0.25, 0.3) is 0 Å². The zero-order valence-corrected chi connectivity index (χ0v) is 17.8. The molecule has 1 unspecified atom stereocenters. The molecule has 0 saturated carbocycles. The Balaban J connectivity index is 1.60. The van der Waals surface area contributed by atoms with Crippen molar-refractivity contribution in [3.8, 4) is 11.5 Å². The number of rotatable bonds is 5. The van der Waals surface area contributed by atoms with Crippen LogP contribution in [0, 0.1) is 0 Å². The van der Waals surface area contributed by atoms with E-state index in [0.717, 1.165) is 5.69 Å². The molecule has 1 N–H and O–H groups in total. The van der Waals surface area contributed by atoms with Crippen molar-refractivity contribution < 1.29 is 22.6 Å². The summed E-state index contributed by atoms with van der Waals surface area (Å²) >= 11 is 0. The fourth-order valence-electron chi connectivity index (χ4n) is 3.54. The molecule has 160 valence electrons. The van der Waals surface area contributed by atoms with Gasteiger partial charge >= 0.3 is 5.84 Å². The van der Waals surface area contributed by atoms with E-state index in [1.165, 1.54) is 10.6 Å². The summed E-state index contributed by atoms with van der Waals surface area (Å²) in [6.07, 6.45) is 6.39. The molecule has 0 amide bonds. The van der Waals surface area contributed by atoms with Crippen molar-refractivity contribution in [1.29, 1.82) is 0 Å². The summed E-state index contributed by atoms with van der Waals surface area (Å²) in [7, 11) is -0.0419. The zero-order chi connectivity index (χ0) is 21.4. The molecule has 1 atom stereocenters. The van der Waals surface area contributed by atoms with E-state index in [-0.39, 0.29) is 4.70 Å². The molecule has 30 heavy (non-hydrogen) atoms. The lowest BCUT2D eigenvalue weighted by Crippen LogP contribution is -2.62. The van der Waals surface area contributed by atoms with Crippen LogP contribution in [0.3, 0.4) is 0 Å². The molecule has 0 spiro atoms. The molecule has 1 aromatic carbocycles. The first-order valence-corrected chi connectivity index (χ1v) is 11.2. The van der Waals surface area contributed by atoms with E-state index in [9.17, 15) is 8.42 Å². The van der Waals surface area contributed by atoms with Crippen LogP contribution < -0.4 is 14.8 Å².